The van der Waals surface area contributed by atoms with Crippen LogP contribution < -0.4 is 0 Å². The minimum atomic E-state index is 0.885. The van der Waals surface area contributed by atoms with E-state index in [4.69, 9.17) is 0 Å². The van der Waals surface area contributed by atoms with E-state index >= 15 is 0 Å². The molecule has 0 saturated carbocycles. The van der Waals surface area contributed by atoms with Crippen LogP contribution in [-0.2, 0) is 6.54 Å². The minimum absolute atomic E-state index is 0.885. The number of hydrogen-bond acceptors (Lipinski definition) is 3. The van der Waals surface area contributed by atoms with Gasteiger partial charge in [0.1, 0.15) is 0 Å². The minimum Gasteiger partial charge on any atom is -0.360 e. The van der Waals surface area contributed by atoms with Gasteiger partial charge in [0, 0.05) is 35.0 Å². The number of fused-ring (bicyclic) bond motifs is 1. The zero-order chi connectivity index (χ0) is 14.7. The van der Waals surface area contributed by atoms with Crippen molar-refractivity contribution in [3.8, 4) is 11.4 Å². The fraction of sp³-hybridized carbons (Fsp3) is 0.375. The van der Waals surface area contributed by atoms with Crippen molar-refractivity contribution in [1.82, 2.24) is 19.7 Å². The van der Waals surface area contributed by atoms with Crippen molar-refractivity contribution >= 4 is 22.7 Å². The first-order valence-electron chi connectivity index (χ1n) is 7.47. The molecular formula is C16H20N4S. The summed E-state index contributed by atoms with van der Waals surface area (Å²) in [4.78, 5) is 3.31. The quantitative estimate of drug-likeness (QED) is 0.544. The van der Waals surface area contributed by atoms with Gasteiger partial charge in [-0.25, -0.2) is 0 Å². The van der Waals surface area contributed by atoms with Gasteiger partial charge in [-0.3, -0.25) is 0 Å². The fourth-order valence-electron chi connectivity index (χ4n) is 2.44. The third-order valence-corrected chi connectivity index (χ3v) is 4.65. The first-order valence-corrected chi connectivity index (χ1v) is 8.46. The van der Waals surface area contributed by atoms with E-state index in [0.717, 1.165) is 34.4 Å². The number of aromatic amines is 1. The van der Waals surface area contributed by atoms with Crippen LogP contribution in [0.4, 0.5) is 0 Å². The number of benzene rings is 1. The average molecular weight is 300 g/mol. The SMILES string of the molecule is CCCCSc1nnc(-c2c[nH]c3ccccc23)n1CC. The highest BCUT2D eigenvalue weighted by Crippen LogP contribution is 2.30. The fourth-order valence-corrected chi connectivity index (χ4v) is 3.53. The highest BCUT2D eigenvalue weighted by atomic mass is 32.2. The summed E-state index contributed by atoms with van der Waals surface area (Å²) in [6.45, 7) is 5.24. The third kappa shape index (κ3) is 2.70. The van der Waals surface area contributed by atoms with Gasteiger partial charge in [-0.2, -0.15) is 0 Å². The standard InChI is InChI=1S/C16H20N4S/c1-3-5-10-21-16-19-18-15(20(16)4-2)13-11-17-14-9-7-6-8-12(13)14/h6-9,11,17H,3-5,10H2,1-2H3. The molecule has 110 valence electrons. The normalized spacial score (nSPS) is 11.3. The summed E-state index contributed by atoms with van der Waals surface area (Å²) in [5.41, 5.74) is 2.26. The number of nitrogens with one attached hydrogen (secondary N) is 1. The van der Waals surface area contributed by atoms with Crippen LogP contribution in [0.2, 0.25) is 0 Å². The third-order valence-electron chi connectivity index (χ3n) is 3.59. The van der Waals surface area contributed by atoms with Gasteiger partial charge >= 0.3 is 0 Å². The van der Waals surface area contributed by atoms with Crippen molar-refractivity contribution in [2.24, 2.45) is 0 Å². The lowest BCUT2D eigenvalue weighted by Crippen LogP contribution is -1.99. The molecule has 0 amide bonds. The molecule has 0 aliphatic rings. The van der Waals surface area contributed by atoms with Gasteiger partial charge in [-0.05, 0) is 19.4 Å². The van der Waals surface area contributed by atoms with Crippen molar-refractivity contribution in [1.29, 1.82) is 0 Å². The molecule has 3 aromatic rings. The molecule has 3 rings (SSSR count). The molecule has 0 radical (unpaired) electrons. The van der Waals surface area contributed by atoms with Crippen molar-refractivity contribution in [3.63, 3.8) is 0 Å². The van der Waals surface area contributed by atoms with Crippen LogP contribution in [0, 0.1) is 0 Å². The molecule has 0 aliphatic heterocycles. The summed E-state index contributed by atoms with van der Waals surface area (Å²) in [6.07, 6.45) is 4.45. The van der Waals surface area contributed by atoms with Gasteiger partial charge in [0.25, 0.3) is 0 Å². The molecule has 0 saturated heterocycles. The number of unbranched alkanes of at least 4 members (excludes halogenated alkanes) is 1. The Morgan fingerprint density at radius 3 is 2.86 bits per heavy atom. The predicted octanol–water partition coefficient (Wildman–Crippen LogP) is 4.34. The maximum Gasteiger partial charge on any atom is 0.191 e. The van der Waals surface area contributed by atoms with E-state index in [1.807, 2.05) is 12.3 Å². The molecule has 0 aliphatic carbocycles. The highest BCUT2D eigenvalue weighted by molar-refractivity contribution is 7.99. The van der Waals surface area contributed by atoms with Crippen molar-refractivity contribution in [2.75, 3.05) is 5.75 Å². The number of H-pyrrole nitrogens is 1. The number of thioether (sulfide) groups is 1. The summed E-state index contributed by atoms with van der Waals surface area (Å²) in [7, 11) is 0. The van der Waals surface area contributed by atoms with Gasteiger partial charge in [0.2, 0.25) is 0 Å². The molecule has 21 heavy (non-hydrogen) atoms. The molecular weight excluding hydrogens is 280 g/mol. The molecule has 0 bridgehead atoms. The zero-order valence-electron chi connectivity index (χ0n) is 12.5. The van der Waals surface area contributed by atoms with Gasteiger partial charge in [0.15, 0.2) is 11.0 Å². The van der Waals surface area contributed by atoms with Crippen molar-refractivity contribution < 1.29 is 0 Å². The highest BCUT2D eigenvalue weighted by Gasteiger charge is 2.15. The van der Waals surface area contributed by atoms with Gasteiger partial charge in [-0.15, -0.1) is 10.2 Å². The second kappa shape index (κ2) is 6.35. The monoisotopic (exact) mass is 300 g/mol. The summed E-state index contributed by atoms with van der Waals surface area (Å²) in [5.74, 6) is 2.05. The Balaban J connectivity index is 1.98. The largest absolute Gasteiger partial charge is 0.360 e. The predicted molar refractivity (Wildman–Crippen MR) is 88.6 cm³/mol. The molecule has 0 fully saturated rings. The van der Waals surface area contributed by atoms with E-state index in [1.165, 1.54) is 18.2 Å². The van der Waals surface area contributed by atoms with E-state index < -0.39 is 0 Å². The average Bonchev–Trinajstić information content (AvgIpc) is 3.10. The number of aromatic nitrogens is 4. The summed E-state index contributed by atoms with van der Waals surface area (Å²) in [6, 6.07) is 8.31. The number of para-hydroxylation sites is 1. The smallest absolute Gasteiger partial charge is 0.191 e. The zero-order valence-corrected chi connectivity index (χ0v) is 13.3. The topological polar surface area (TPSA) is 46.5 Å². The molecule has 2 aromatic heterocycles. The molecule has 1 aromatic carbocycles. The number of rotatable bonds is 6. The first-order chi connectivity index (χ1) is 10.3. The van der Waals surface area contributed by atoms with E-state index in [-0.39, 0.29) is 0 Å². The van der Waals surface area contributed by atoms with E-state index in [2.05, 4.69) is 51.8 Å². The summed E-state index contributed by atoms with van der Waals surface area (Å²) < 4.78 is 2.20. The molecule has 4 nitrogen and oxygen atoms in total. The van der Waals surface area contributed by atoms with Crippen LogP contribution >= 0.6 is 11.8 Å². The Hall–Kier alpha value is -1.75. The molecule has 1 N–H and O–H groups in total. The molecule has 0 spiro atoms. The summed E-state index contributed by atoms with van der Waals surface area (Å²) in [5, 5.41) is 11.0. The summed E-state index contributed by atoms with van der Waals surface area (Å²) >= 11 is 1.80. The van der Waals surface area contributed by atoms with Gasteiger partial charge in [0.05, 0.1) is 0 Å². The van der Waals surface area contributed by atoms with E-state index in [9.17, 15) is 0 Å². The maximum absolute atomic E-state index is 4.43. The van der Waals surface area contributed by atoms with E-state index in [1.54, 1.807) is 11.8 Å². The number of hydrogen-bond donors (Lipinski definition) is 1. The second-order valence-corrected chi connectivity index (χ2v) is 6.06. The number of nitrogens with zero attached hydrogens (tertiary/aromatic N) is 3. The Kier molecular flexibility index (Phi) is 4.29. The Morgan fingerprint density at radius 1 is 1.19 bits per heavy atom. The maximum atomic E-state index is 4.43. The van der Waals surface area contributed by atoms with Gasteiger partial charge in [-0.1, -0.05) is 43.3 Å². The lowest BCUT2D eigenvalue weighted by molar-refractivity contribution is 0.687. The van der Waals surface area contributed by atoms with Gasteiger partial charge < -0.3 is 9.55 Å². The lowest BCUT2D eigenvalue weighted by atomic mass is 10.1. The first kappa shape index (κ1) is 14.2. The molecule has 0 atom stereocenters. The van der Waals surface area contributed by atoms with E-state index in [0.29, 0.717) is 0 Å². The Morgan fingerprint density at radius 2 is 2.05 bits per heavy atom. The van der Waals surface area contributed by atoms with Crippen LogP contribution in [-0.4, -0.2) is 25.5 Å². The van der Waals surface area contributed by atoms with Crippen LogP contribution in [0.1, 0.15) is 26.7 Å². The van der Waals surface area contributed by atoms with Crippen molar-refractivity contribution in [2.45, 2.75) is 38.4 Å². The van der Waals surface area contributed by atoms with Crippen LogP contribution in [0.25, 0.3) is 22.3 Å². The Bertz CT molecular complexity index is 729. The van der Waals surface area contributed by atoms with Crippen LogP contribution in [0.15, 0.2) is 35.6 Å². The molecule has 0 unspecified atom stereocenters. The lowest BCUT2D eigenvalue weighted by Gasteiger charge is -2.06. The van der Waals surface area contributed by atoms with Crippen LogP contribution in [0.5, 0.6) is 0 Å². The van der Waals surface area contributed by atoms with Crippen molar-refractivity contribution in [3.05, 3.63) is 30.5 Å². The second-order valence-electron chi connectivity index (χ2n) is 5.00. The Labute approximate surface area is 129 Å². The molecule has 2 heterocycles. The van der Waals surface area contributed by atoms with Crippen LogP contribution in [0.3, 0.4) is 0 Å². The molecule has 5 heteroatoms.